The van der Waals surface area contributed by atoms with E-state index < -0.39 is 0 Å². The fourth-order valence-electron chi connectivity index (χ4n) is 2.92. The number of nitrogens with zero attached hydrogens (tertiary/aromatic N) is 1. The molecule has 1 heterocycles. The summed E-state index contributed by atoms with van der Waals surface area (Å²) in [6.07, 6.45) is 6.24. The molecule has 1 unspecified atom stereocenters. The second-order valence-electron chi connectivity index (χ2n) is 5.40. The van der Waals surface area contributed by atoms with Crippen molar-refractivity contribution in [1.82, 2.24) is 4.90 Å². The molecule has 104 valence electrons. The lowest BCUT2D eigenvalue weighted by atomic mass is 9.97. The molecular formula is C16H24N2O. The van der Waals surface area contributed by atoms with Crippen LogP contribution in [0.1, 0.15) is 44.6 Å². The van der Waals surface area contributed by atoms with Crippen molar-refractivity contribution in [3.05, 3.63) is 29.8 Å². The van der Waals surface area contributed by atoms with Crippen molar-refractivity contribution in [3.8, 4) is 0 Å². The first-order valence-electron chi connectivity index (χ1n) is 7.35. The molecule has 3 nitrogen and oxygen atoms in total. The third-order valence-electron chi connectivity index (χ3n) is 3.97. The predicted molar refractivity (Wildman–Crippen MR) is 78.8 cm³/mol. The van der Waals surface area contributed by atoms with E-state index in [1.54, 1.807) is 0 Å². The quantitative estimate of drug-likeness (QED) is 0.846. The van der Waals surface area contributed by atoms with Gasteiger partial charge in [0.25, 0.3) is 0 Å². The second kappa shape index (κ2) is 6.60. The smallest absolute Gasteiger partial charge is 0.227 e. The molecule has 1 fully saturated rings. The van der Waals surface area contributed by atoms with E-state index in [-0.39, 0.29) is 5.91 Å². The summed E-state index contributed by atoms with van der Waals surface area (Å²) in [5, 5.41) is 0. The Morgan fingerprint density at radius 3 is 2.89 bits per heavy atom. The van der Waals surface area contributed by atoms with Gasteiger partial charge in [-0.25, -0.2) is 0 Å². The van der Waals surface area contributed by atoms with Crippen LogP contribution in [0.3, 0.4) is 0 Å². The van der Waals surface area contributed by atoms with Gasteiger partial charge in [-0.3, -0.25) is 4.79 Å². The van der Waals surface area contributed by atoms with Gasteiger partial charge in [-0.15, -0.1) is 0 Å². The molecule has 0 saturated carbocycles. The van der Waals surface area contributed by atoms with Crippen LogP contribution in [0.5, 0.6) is 0 Å². The van der Waals surface area contributed by atoms with E-state index in [4.69, 9.17) is 5.73 Å². The fourth-order valence-corrected chi connectivity index (χ4v) is 2.92. The number of anilines is 1. The second-order valence-corrected chi connectivity index (χ2v) is 5.40. The van der Waals surface area contributed by atoms with E-state index in [1.165, 1.54) is 6.42 Å². The zero-order valence-corrected chi connectivity index (χ0v) is 11.8. The van der Waals surface area contributed by atoms with Crippen LogP contribution in [0.25, 0.3) is 0 Å². The Bertz CT molecular complexity index is 429. The van der Waals surface area contributed by atoms with Crippen LogP contribution < -0.4 is 5.73 Å². The van der Waals surface area contributed by atoms with E-state index in [9.17, 15) is 4.79 Å². The van der Waals surface area contributed by atoms with Crippen LogP contribution in [-0.4, -0.2) is 23.4 Å². The van der Waals surface area contributed by atoms with Crippen LogP contribution in [0, 0.1) is 0 Å². The minimum Gasteiger partial charge on any atom is -0.398 e. The van der Waals surface area contributed by atoms with E-state index in [1.807, 2.05) is 24.3 Å². The first-order valence-corrected chi connectivity index (χ1v) is 7.35. The summed E-state index contributed by atoms with van der Waals surface area (Å²) in [6, 6.07) is 8.10. The molecule has 1 amide bonds. The molecule has 2 rings (SSSR count). The standard InChI is InChI=1S/C16H24N2O/c1-2-7-14-9-5-6-11-18(14)16(19)12-13-8-3-4-10-15(13)17/h3-4,8,10,14H,2,5-7,9,11-12,17H2,1H3. The number of rotatable bonds is 4. The summed E-state index contributed by atoms with van der Waals surface area (Å²) in [7, 11) is 0. The van der Waals surface area contributed by atoms with Gasteiger partial charge in [0.1, 0.15) is 0 Å². The van der Waals surface area contributed by atoms with Crippen LogP contribution in [-0.2, 0) is 11.2 Å². The molecule has 2 N–H and O–H groups in total. The summed E-state index contributed by atoms with van der Waals surface area (Å²) in [4.78, 5) is 14.6. The van der Waals surface area contributed by atoms with Crippen molar-refractivity contribution < 1.29 is 4.79 Å². The van der Waals surface area contributed by atoms with Gasteiger partial charge >= 0.3 is 0 Å². The third-order valence-corrected chi connectivity index (χ3v) is 3.97. The fraction of sp³-hybridized carbons (Fsp3) is 0.562. The molecule has 1 aromatic rings. The number of amides is 1. The van der Waals surface area contributed by atoms with Crippen molar-refractivity contribution in [2.75, 3.05) is 12.3 Å². The number of nitrogen functional groups attached to an aromatic ring is 1. The number of hydrogen-bond donors (Lipinski definition) is 1. The molecule has 1 aliphatic heterocycles. The summed E-state index contributed by atoms with van der Waals surface area (Å²) < 4.78 is 0. The summed E-state index contributed by atoms with van der Waals surface area (Å²) >= 11 is 0. The van der Waals surface area contributed by atoms with E-state index in [0.717, 1.165) is 43.5 Å². The predicted octanol–water partition coefficient (Wildman–Crippen LogP) is 2.99. The summed E-state index contributed by atoms with van der Waals surface area (Å²) in [5.41, 5.74) is 7.60. The van der Waals surface area contributed by atoms with Crippen molar-refractivity contribution in [2.24, 2.45) is 0 Å². The number of carbonyl (C=O) groups excluding carboxylic acids is 1. The van der Waals surface area contributed by atoms with Gasteiger partial charge in [0.2, 0.25) is 5.91 Å². The van der Waals surface area contributed by atoms with Gasteiger partial charge < -0.3 is 10.6 Å². The zero-order valence-electron chi connectivity index (χ0n) is 11.8. The van der Waals surface area contributed by atoms with Crippen LogP contribution in [0.4, 0.5) is 5.69 Å². The van der Waals surface area contributed by atoms with E-state index in [2.05, 4.69) is 11.8 Å². The average molecular weight is 260 g/mol. The molecule has 1 atom stereocenters. The Kier molecular flexibility index (Phi) is 4.83. The lowest BCUT2D eigenvalue weighted by Crippen LogP contribution is -2.44. The lowest BCUT2D eigenvalue weighted by Gasteiger charge is -2.36. The maximum atomic E-state index is 12.5. The number of piperidine rings is 1. The zero-order chi connectivity index (χ0) is 13.7. The van der Waals surface area contributed by atoms with Gasteiger partial charge in [0, 0.05) is 18.3 Å². The van der Waals surface area contributed by atoms with Gasteiger partial charge in [-0.05, 0) is 37.3 Å². The Hall–Kier alpha value is -1.51. The Labute approximate surface area is 115 Å². The van der Waals surface area contributed by atoms with Gasteiger partial charge in [-0.1, -0.05) is 31.5 Å². The van der Waals surface area contributed by atoms with E-state index in [0.29, 0.717) is 12.5 Å². The first kappa shape index (κ1) is 13.9. The number of benzene rings is 1. The molecule has 0 spiro atoms. The Morgan fingerprint density at radius 1 is 1.37 bits per heavy atom. The summed E-state index contributed by atoms with van der Waals surface area (Å²) in [6.45, 7) is 3.10. The highest BCUT2D eigenvalue weighted by molar-refractivity contribution is 5.80. The molecule has 0 aliphatic carbocycles. The molecule has 19 heavy (non-hydrogen) atoms. The molecule has 3 heteroatoms. The van der Waals surface area contributed by atoms with E-state index >= 15 is 0 Å². The van der Waals surface area contributed by atoms with Gasteiger partial charge in [0.05, 0.1) is 6.42 Å². The lowest BCUT2D eigenvalue weighted by molar-refractivity contribution is -0.134. The molecule has 0 aromatic heterocycles. The molecule has 1 aromatic carbocycles. The van der Waals surface area contributed by atoms with Crippen LogP contribution in [0.2, 0.25) is 0 Å². The number of para-hydroxylation sites is 1. The normalized spacial score (nSPS) is 19.4. The number of likely N-dealkylation sites (tertiary alicyclic amines) is 1. The first-order chi connectivity index (χ1) is 9.22. The highest BCUT2D eigenvalue weighted by Crippen LogP contribution is 2.22. The van der Waals surface area contributed by atoms with Crippen LogP contribution in [0.15, 0.2) is 24.3 Å². The number of carbonyl (C=O) groups is 1. The van der Waals surface area contributed by atoms with Gasteiger partial charge in [-0.2, -0.15) is 0 Å². The number of nitrogens with two attached hydrogens (primary N) is 1. The van der Waals surface area contributed by atoms with Crippen LogP contribution >= 0.6 is 0 Å². The largest absolute Gasteiger partial charge is 0.398 e. The highest BCUT2D eigenvalue weighted by atomic mass is 16.2. The molecule has 1 aliphatic rings. The monoisotopic (exact) mass is 260 g/mol. The minimum atomic E-state index is 0.232. The summed E-state index contributed by atoms with van der Waals surface area (Å²) in [5.74, 6) is 0.232. The molecule has 0 bridgehead atoms. The van der Waals surface area contributed by atoms with Crippen molar-refractivity contribution >= 4 is 11.6 Å². The number of hydrogen-bond acceptors (Lipinski definition) is 2. The van der Waals surface area contributed by atoms with Crippen molar-refractivity contribution in [2.45, 2.75) is 51.5 Å². The highest BCUT2D eigenvalue weighted by Gasteiger charge is 2.25. The topological polar surface area (TPSA) is 46.3 Å². The Morgan fingerprint density at radius 2 is 2.16 bits per heavy atom. The average Bonchev–Trinajstić information content (AvgIpc) is 2.42. The van der Waals surface area contributed by atoms with Crippen molar-refractivity contribution in [1.29, 1.82) is 0 Å². The third kappa shape index (κ3) is 3.49. The van der Waals surface area contributed by atoms with Gasteiger partial charge in [0.15, 0.2) is 0 Å². The molecule has 0 radical (unpaired) electrons. The SMILES string of the molecule is CCCC1CCCCN1C(=O)Cc1ccccc1N. The molecule has 1 saturated heterocycles. The maximum absolute atomic E-state index is 12.5. The maximum Gasteiger partial charge on any atom is 0.227 e. The minimum absolute atomic E-state index is 0.232. The van der Waals surface area contributed by atoms with Crippen molar-refractivity contribution in [3.63, 3.8) is 0 Å². The Balaban J connectivity index is 2.03. The molecular weight excluding hydrogens is 236 g/mol.